The van der Waals surface area contributed by atoms with Gasteiger partial charge < -0.3 is 11.1 Å². The summed E-state index contributed by atoms with van der Waals surface area (Å²) < 4.78 is 0. The highest BCUT2D eigenvalue weighted by atomic mass is 14.8. The average Bonchev–Trinajstić information content (AvgIpc) is 2.31. The highest BCUT2D eigenvalue weighted by molar-refractivity contribution is 4.60. The summed E-state index contributed by atoms with van der Waals surface area (Å²) in [6.07, 6.45) is 10.7. The Kier molecular flexibility index (Phi) is 12.9. The standard InChI is InChI=1S/C17H38N2/c1-15(2)10-7-5-6-8-13-19-14-16(3)11-9-12-17(4)18/h15-17,19H,5-14,18H2,1-4H3. The first-order valence-electron chi connectivity index (χ1n) is 8.48. The first kappa shape index (κ1) is 18.9. The van der Waals surface area contributed by atoms with Gasteiger partial charge in [-0.1, -0.05) is 52.9 Å². The quantitative estimate of drug-likeness (QED) is 0.489. The summed E-state index contributed by atoms with van der Waals surface area (Å²) in [4.78, 5) is 0. The third kappa shape index (κ3) is 15.9. The molecule has 0 bridgehead atoms. The molecule has 2 unspecified atom stereocenters. The van der Waals surface area contributed by atoms with E-state index in [9.17, 15) is 0 Å². The van der Waals surface area contributed by atoms with Crippen molar-refractivity contribution in [3.8, 4) is 0 Å². The van der Waals surface area contributed by atoms with E-state index < -0.39 is 0 Å². The van der Waals surface area contributed by atoms with E-state index in [1.165, 1.54) is 64.5 Å². The van der Waals surface area contributed by atoms with E-state index in [0.717, 1.165) is 11.8 Å². The van der Waals surface area contributed by atoms with Gasteiger partial charge in [0.25, 0.3) is 0 Å². The SMILES string of the molecule is CC(C)CCCCCCNCC(C)CCCC(C)N. The lowest BCUT2D eigenvalue weighted by molar-refractivity contribution is 0.441. The number of nitrogens with one attached hydrogen (secondary N) is 1. The Labute approximate surface area is 121 Å². The van der Waals surface area contributed by atoms with Crippen molar-refractivity contribution in [1.82, 2.24) is 5.32 Å². The molecule has 2 atom stereocenters. The molecular formula is C17H38N2. The fourth-order valence-corrected chi connectivity index (χ4v) is 2.39. The van der Waals surface area contributed by atoms with Crippen LogP contribution in [0.4, 0.5) is 0 Å². The number of hydrogen-bond acceptors (Lipinski definition) is 2. The highest BCUT2D eigenvalue weighted by Crippen LogP contribution is 2.10. The molecule has 0 saturated heterocycles. The number of rotatable bonds is 13. The lowest BCUT2D eigenvalue weighted by Gasteiger charge is -2.13. The zero-order valence-corrected chi connectivity index (χ0v) is 13.9. The molecule has 0 aliphatic carbocycles. The van der Waals surface area contributed by atoms with Gasteiger partial charge in [-0.05, 0) is 51.1 Å². The molecule has 0 aliphatic rings. The molecular weight excluding hydrogens is 232 g/mol. The minimum absolute atomic E-state index is 0.367. The molecule has 0 aromatic rings. The molecule has 0 aromatic carbocycles. The van der Waals surface area contributed by atoms with E-state index in [0.29, 0.717) is 6.04 Å². The third-order valence-electron chi connectivity index (χ3n) is 3.73. The van der Waals surface area contributed by atoms with Crippen LogP contribution >= 0.6 is 0 Å². The fraction of sp³-hybridized carbons (Fsp3) is 1.00. The van der Waals surface area contributed by atoms with E-state index >= 15 is 0 Å². The molecule has 0 aliphatic heterocycles. The van der Waals surface area contributed by atoms with E-state index in [-0.39, 0.29) is 0 Å². The summed E-state index contributed by atoms with van der Waals surface area (Å²) in [7, 11) is 0. The van der Waals surface area contributed by atoms with Crippen LogP contribution in [-0.4, -0.2) is 19.1 Å². The van der Waals surface area contributed by atoms with Gasteiger partial charge in [0.2, 0.25) is 0 Å². The van der Waals surface area contributed by atoms with Crippen molar-refractivity contribution >= 4 is 0 Å². The molecule has 19 heavy (non-hydrogen) atoms. The first-order chi connectivity index (χ1) is 9.02. The van der Waals surface area contributed by atoms with Gasteiger partial charge >= 0.3 is 0 Å². The van der Waals surface area contributed by atoms with Gasteiger partial charge in [-0.2, -0.15) is 0 Å². The Hall–Kier alpha value is -0.0800. The number of unbranched alkanes of at least 4 members (excludes halogenated alkanes) is 3. The molecule has 2 nitrogen and oxygen atoms in total. The number of nitrogens with two attached hydrogens (primary N) is 1. The molecule has 0 heterocycles. The summed E-state index contributed by atoms with van der Waals surface area (Å²) in [5, 5.41) is 3.59. The van der Waals surface area contributed by atoms with Gasteiger partial charge in [-0.25, -0.2) is 0 Å². The smallest absolute Gasteiger partial charge is 0.00104 e. The first-order valence-corrected chi connectivity index (χ1v) is 8.48. The second-order valence-electron chi connectivity index (χ2n) is 6.81. The van der Waals surface area contributed by atoms with E-state index in [1.54, 1.807) is 0 Å². The fourth-order valence-electron chi connectivity index (χ4n) is 2.39. The van der Waals surface area contributed by atoms with Crippen LogP contribution in [0.2, 0.25) is 0 Å². The number of hydrogen-bond donors (Lipinski definition) is 2. The Morgan fingerprint density at radius 3 is 2.11 bits per heavy atom. The van der Waals surface area contributed by atoms with Gasteiger partial charge in [0.1, 0.15) is 0 Å². The van der Waals surface area contributed by atoms with Gasteiger partial charge in [0.05, 0.1) is 0 Å². The second-order valence-corrected chi connectivity index (χ2v) is 6.81. The molecule has 0 radical (unpaired) electrons. The van der Waals surface area contributed by atoms with Crippen LogP contribution in [0, 0.1) is 11.8 Å². The van der Waals surface area contributed by atoms with Crippen LogP contribution < -0.4 is 11.1 Å². The Balaban J connectivity index is 3.16. The normalized spacial score (nSPS) is 14.8. The van der Waals surface area contributed by atoms with Gasteiger partial charge in [-0.3, -0.25) is 0 Å². The van der Waals surface area contributed by atoms with Crippen LogP contribution in [0.1, 0.15) is 79.1 Å². The van der Waals surface area contributed by atoms with Crippen molar-refractivity contribution in [3.63, 3.8) is 0 Å². The van der Waals surface area contributed by atoms with Gasteiger partial charge in [0, 0.05) is 6.04 Å². The van der Waals surface area contributed by atoms with Crippen LogP contribution in [0.25, 0.3) is 0 Å². The maximum atomic E-state index is 5.76. The molecule has 0 fully saturated rings. The molecule has 2 heteroatoms. The van der Waals surface area contributed by atoms with Crippen LogP contribution in [0.3, 0.4) is 0 Å². The second kappa shape index (κ2) is 12.9. The summed E-state index contributed by atoms with van der Waals surface area (Å²) in [6, 6.07) is 0.367. The van der Waals surface area contributed by atoms with Crippen molar-refractivity contribution < 1.29 is 0 Å². The van der Waals surface area contributed by atoms with Crippen molar-refractivity contribution in [2.45, 2.75) is 85.1 Å². The van der Waals surface area contributed by atoms with Crippen LogP contribution in [-0.2, 0) is 0 Å². The largest absolute Gasteiger partial charge is 0.328 e. The van der Waals surface area contributed by atoms with Crippen LogP contribution in [0.5, 0.6) is 0 Å². The molecule has 116 valence electrons. The minimum atomic E-state index is 0.367. The highest BCUT2D eigenvalue weighted by Gasteiger charge is 2.02. The van der Waals surface area contributed by atoms with Gasteiger partial charge in [-0.15, -0.1) is 0 Å². The van der Waals surface area contributed by atoms with E-state index in [1.807, 2.05) is 0 Å². The summed E-state index contributed by atoms with van der Waals surface area (Å²) >= 11 is 0. The summed E-state index contributed by atoms with van der Waals surface area (Å²) in [6.45, 7) is 11.4. The monoisotopic (exact) mass is 270 g/mol. The summed E-state index contributed by atoms with van der Waals surface area (Å²) in [5.41, 5.74) is 5.76. The van der Waals surface area contributed by atoms with E-state index in [2.05, 4.69) is 33.0 Å². The zero-order valence-electron chi connectivity index (χ0n) is 13.9. The Morgan fingerprint density at radius 2 is 1.47 bits per heavy atom. The zero-order chi connectivity index (χ0) is 14.5. The lowest BCUT2D eigenvalue weighted by Crippen LogP contribution is -2.23. The maximum absolute atomic E-state index is 5.76. The predicted octanol–water partition coefficient (Wildman–Crippen LogP) is 4.34. The van der Waals surface area contributed by atoms with Crippen molar-refractivity contribution in [1.29, 1.82) is 0 Å². The molecule has 0 spiro atoms. The van der Waals surface area contributed by atoms with E-state index in [4.69, 9.17) is 5.73 Å². The predicted molar refractivity (Wildman–Crippen MR) is 87.5 cm³/mol. The average molecular weight is 271 g/mol. The minimum Gasteiger partial charge on any atom is -0.328 e. The topological polar surface area (TPSA) is 38.0 Å². The molecule has 0 aromatic heterocycles. The Morgan fingerprint density at radius 1 is 0.789 bits per heavy atom. The molecule has 0 amide bonds. The molecule has 3 N–H and O–H groups in total. The van der Waals surface area contributed by atoms with Crippen molar-refractivity contribution in [2.75, 3.05) is 13.1 Å². The van der Waals surface area contributed by atoms with Gasteiger partial charge in [0.15, 0.2) is 0 Å². The van der Waals surface area contributed by atoms with Crippen LogP contribution in [0.15, 0.2) is 0 Å². The Bertz CT molecular complexity index is 178. The summed E-state index contributed by atoms with van der Waals surface area (Å²) in [5.74, 6) is 1.66. The lowest BCUT2D eigenvalue weighted by atomic mass is 10.0. The molecule has 0 saturated carbocycles. The maximum Gasteiger partial charge on any atom is 0.00104 e. The molecule has 0 rings (SSSR count). The van der Waals surface area contributed by atoms with Crippen molar-refractivity contribution in [3.05, 3.63) is 0 Å². The third-order valence-corrected chi connectivity index (χ3v) is 3.73. The van der Waals surface area contributed by atoms with Crippen molar-refractivity contribution in [2.24, 2.45) is 17.6 Å².